The molecule has 226 valence electrons. The fraction of sp³-hybridized carbons (Fsp3) is 0.531. The first kappa shape index (κ1) is 33.6. The molecule has 2 aromatic rings. The zero-order valence-corrected chi connectivity index (χ0v) is 24.8. The van der Waals surface area contributed by atoms with E-state index >= 15 is 0 Å². The van der Waals surface area contributed by atoms with E-state index in [1.807, 2.05) is 13.8 Å². The Labute approximate surface area is 242 Å². The summed E-state index contributed by atoms with van der Waals surface area (Å²) in [6.45, 7) is 8.52. The summed E-state index contributed by atoms with van der Waals surface area (Å²) in [5.41, 5.74) is 2.17. The Bertz CT molecular complexity index is 1160. The number of hydrogen-bond donors (Lipinski definition) is 2. The summed E-state index contributed by atoms with van der Waals surface area (Å²) in [7, 11) is 0. The number of benzene rings is 2. The van der Waals surface area contributed by atoms with Crippen LogP contribution in [-0.2, 0) is 22.4 Å². The van der Waals surface area contributed by atoms with Gasteiger partial charge in [-0.05, 0) is 76.6 Å². The van der Waals surface area contributed by atoms with Gasteiger partial charge in [0.2, 0.25) is 0 Å². The second kappa shape index (κ2) is 18.0. The van der Waals surface area contributed by atoms with Crippen LogP contribution in [0.3, 0.4) is 0 Å². The first-order valence-electron chi connectivity index (χ1n) is 14.4. The van der Waals surface area contributed by atoms with Crippen LogP contribution in [-0.4, -0.2) is 60.8 Å². The van der Waals surface area contributed by atoms with Crippen LogP contribution in [0.5, 0.6) is 23.0 Å². The lowest BCUT2D eigenvalue weighted by molar-refractivity contribution is -0.139. The van der Waals surface area contributed by atoms with E-state index in [1.54, 1.807) is 24.3 Å². The van der Waals surface area contributed by atoms with Crippen LogP contribution in [0.4, 0.5) is 0 Å². The second-order valence-electron chi connectivity index (χ2n) is 9.88. The van der Waals surface area contributed by atoms with E-state index < -0.39 is 12.6 Å². The Balaban J connectivity index is 1.74. The Kier molecular flexibility index (Phi) is 14.7. The maximum absolute atomic E-state index is 12.2. The minimum atomic E-state index is -1.07. The van der Waals surface area contributed by atoms with Crippen LogP contribution in [0.2, 0.25) is 0 Å². The maximum atomic E-state index is 12.2. The van der Waals surface area contributed by atoms with E-state index in [-0.39, 0.29) is 17.3 Å². The van der Waals surface area contributed by atoms with Gasteiger partial charge in [-0.3, -0.25) is 9.59 Å². The number of unbranched alkanes of at least 4 members (excludes halogenated alkanes) is 2. The van der Waals surface area contributed by atoms with Gasteiger partial charge in [0, 0.05) is 24.3 Å². The first-order chi connectivity index (χ1) is 19.7. The number of aromatic hydroxyl groups is 1. The maximum Gasteiger partial charge on any atom is 0.341 e. The number of carboxylic acid groups (broad SMARTS) is 1. The number of aliphatic carboxylic acids is 1. The van der Waals surface area contributed by atoms with E-state index in [0.717, 1.165) is 38.5 Å². The normalized spacial score (nSPS) is 10.8. The van der Waals surface area contributed by atoms with Gasteiger partial charge in [0.15, 0.2) is 18.2 Å². The highest BCUT2D eigenvalue weighted by Crippen LogP contribution is 2.35. The van der Waals surface area contributed by atoms with E-state index in [2.05, 4.69) is 0 Å². The summed E-state index contributed by atoms with van der Waals surface area (Å²) < 4.78 is 23.1. The number of ether oxygens (including phenoxy) is 4. The highest BCUT2D eigenvalue weighted by molar-refractivity contribution is 5.98. The molecule has 2 aromatic carbocycles. The highest BCUT2D eigenvalue weighted by Gasteiger charge is 2.19. The van der Waals surface area contributed by atoms with Gasteiger partial charge in [-0.2, -0.15) is 0 Å². The third-order valence-corrected chi connectivity index (χ3v) is 6.44. The van der Waals surface area contributed by atoms with Crippen molar-refractivity contribution >= 4 is 17.5 Å². The molecule has 0 fully saturated rings. The summed E-state index contributed by atoms with van der Waals surface area (Å²) >= 11 is 0. The van der Waals surface area contributed by atoms with Gasteiger partial charge in [-0.1, -0.05) is 26.7 Å². The average molecular weight is 573 g/mol. The fourth-order valence-electron chi connectivity index (χ4n) is 4.41. The van der Waals surface area contributed by atoms with Gasteiger partial charge in [0.1, 0.15) is 23.0 Å². The molecule has 9 nitrogen and oxygen atoms in total. The van der Waals surface area contributed by atoms with Crippen LogP contribution >= 0.6 is 0 Å². The topological polar surface area (TPSA) is 129 Å². The molecular formula is C32H44O9. The quantitative estimate of drug-likeness (QED) is 0.133. The SMILES string of the molecule is CCCc1c(OCCCCOCCCCOc2c(C(C)=O)ccc(OCC(=O)O)c2CCC)ccc(C(C)=O)c1O. The lowest BCUT2D eigenvalue weighted by atomic mass is 10.0. The minimum Gasteiger partial charge on any atom is -0.507 e. The fourth-order valence-corrected chi connectivity index (χ4v) is 4.41. The van der Waals surface area contributed by atoms with Crippen molar-refractivity contribution in [3.63, 3.8) is 0 Å². The van der Waals surface area contributed by atoms with Gasteiger partial charge in [0.25, 0.3) is 0 Å². The molecule has 0 heterocycles. The van der Waals surface area contributed by atoms with Gasteiger partial charge in [-0.25, -0.2) is 4.79 Å². The molecule has 0 aliphatic rings. The number of carboxylic acids is 1. The standard InChI is InChI=1S/C32H44O9/c1-5-11-26-28(15-13-24(22(3)33)31(26)37)39-19-9-7-17-38-18-8-10-20-40-32-25(23(4)34)14-16-29(27(32)12-6-2)41-21-30(35)36/h13-16,37H,5-12,17-21H2,1-4H3,(H,35,36). The second-order valence-corrected chi connectivity index (χ2v) is 9.88. The van der Waals surface area contributed by atoms with E-state index in [4.69, 9.17) is 24.1 Å². The van der Waals surface area contributed by atoms with Gasteiger partial charge < -0.3 is 29.2 Å². The van der Waals surface area contributed by atoms with Gasteiger partial charge >= 0.3 is 5.97 Å². The molecule has 0 unspecified atom stereocenters. The van der Waals surface area contributed by atoms with Crippen molar-refractivity contribution in [2.45, 2.75) is 79.1 Å². The molecule has 0 amide bonds. The Morgan fingerprint density at radius 2 is 1.20 bits per heavy atom. The summed E-state index contributed by atoms with van der Waals surface area (Å²) in [5, 5.41) is 19.4. The van der Waals surface area contributed by atoms with E-state index in [0.29, 0.717) is 78.8 Å². The van der Waals surface area contributed by atoms with Crippen molar-refractivity contribution in [1.29, 1.82) is 0 Å². The van der Waals surface area contributed by atoms with Crippen molar-refractivity contribution < 1.29 is 43.5 Å². The van der Waals surface area contributed by atoms with E-state index in [9.17, 15) is 19.5 Å². The summed E-state index contributed by atoms with van der Waals surface area (Å²) in [6, 6.07) is 6.61. The van der Waals surface area contributed by atoms with Crippen LogP contribution < -0.4 is 14.2 Å². The molecule has 0 spiro atoms. The number of hydrogen-bond acceptors (Lipinski definition) is 8. The predicted octanol–water partition coefficient (Wildman–Crippen LogP) is 6.20. The molecule has 0 saturated heterocycles. The number of carbonyl (C=O) groups is 3. The van der Waals surface area contributed by atoms with Crippen molar-refractivity contribution in [3.8, 4) is 23.0 Å². The molecule has 0 aromatic heterocycles. The number of phenols is 1. The number of carbonyl (C=O) groups excluding carboxylic acids is 2. The third-order valence-electron chi connectivity index (χ3n) is 6.44. The van der Waals surface area contributed by atoms with Gasteiger partial charge in [-0.15, -0.1) is 0 Å². The smallest absolute Gasteiger partial charge is 0.341 e. The molecule has 0 aliphatic heterocycles. The zero-order valence-electron chi connectivity index (χ0n) is 24.8. The van der Waals surface area contributed by atoms with Crippen LogP contribution in [0.1, 0.15) is 98.1 Å². The molecule has 0 bridgehead atoms. The Hall–Kier alpha value is -3.59. The first-order valence-corrected chi connectivity index (χ1v) is 14.4. The van der Waals surface area contributed by atoms with Crippen molar-refractivity contribution in [2.75, 3.05) is 33.0 Å². The summed E-state index contributed by atoms with van der Waals surface area (Å²) in [5.74, 6) is 0.157. The highest BCUT2D eigenvalue weighted by atomic mass is 16.5. The molecule has 2 rings (SSSR count). The molecule has 0 aliphatic carbocycles. The molecule has 0 atom stereocenters. The summed E-state index contributed by atoms with van der Waals surface area (Å²) in [4.78, 5) is 34.9. The van der Waals surface area contributed by atoms with Crippen molar-refractivity contribution in [1.82, 2.24) is 0 Å². The number of rotatable bonds is 21. The Morgan fingerprint density at radius 3 is 1.76 bits per heavy atom. The van der Waals surface area contributed by atoms with Crippen LogP contribution in [0.25, 0.3) is 0 Å². The molecular weight excluding hydrogens is 528 g/mol. The largest absolute Gasteiger partial charge is 0.507 e. The van der Waals surface area contributed by atoms with Crippen LogP contribution in [0, 0.1) is 0 Å². The number of phenolic OH excluding ortho intramolecular Hbond substituents is 1. The average Bonchev–Trinajstić information content (AvgIpc) is 2.92. The third kappa shape index (κ3) is 10.7. The van der Waals surface area contributed by atoms with E-state index in [1.165, 1.54) is 13.8 Å². The number of ketones is 2. The lowest BCUT2D eigenvalue weighted by Gasteiger charge is -2.18. The van der Waals surface area contributed by atoms with Crippen molar-refractivity contribution in [3.05, 3.63) is 46.5 Å². The lowest BCUT2D eigenvalue weighted by Crippen LogP contribution is -2.13. The molecule has 0 saturated carbocycles. The predicted molar refractivity (Wildman–Crippen MR) is 156 cm³/mol. The van der Waals surface area contributed by atoms with Gasteiger partial charge in [0.05, 0.1) is 24.3 Å². The molecule has 41 heavy (non-hydrogen) atoms. The molecule has 9 heteroatoms. The monoisotopic (exact) mass is 572 g/mol. The Morgan fingerprint density at radius 1 is 0.683 bits per heavy atom. The molecule has 0 radical (unpaired) electrons. The zero-order chi connectivity index (χ0) is 30.2. The van der Waals surface area contributed by atoms with Crippen molar-refractivity contribution in [2.24, 2.45) is 0 Å². The summed E-state index contributed by atoms with van der Waals surface area (Å²) in [6.07, 6.45) is 5.97. The minimum absolute atomic E-state index is 0.0162. The van der Waals surface area contributed by atoms with Crippen LogP contribution in [0.15, 0.2) is 24.3 Å². The molecule has 2 N–H and O–H groups in total. The number of Topliss-reactive ketones (excluding diaryl/α,β-unsaturated/α-hetero) is 2.